The maximum atomic E-state index is 11.3. The van der Waals surface area contributed by atoms with Gasteiger partial charge in [0.15, 0.2) is 0 Å². The first-order valence-corrected chi connectivity index (χ1v) is 6.09. The Morgan fingerprint density at radius 1 is 1.83 bits per heavy atom. The Morgan fingerprint density at radius 2 is 2.58 bits per heavy atom. The van der Waals surface area contributed by atoms with Crippen LogP contribution in [0.4, 0.5) is 0 Å². The standard InChI is InChI=1S/C8H13BrO2S/c1-6(9)5-11-8(10)7-3-2-4-12-7/h6-7H,2-5H2,1H3. The van der Waals surface area contributed by atoms with Gasteiger partial charge in [-0.15, -0.1) is 11.8 Å². The topological polar surface area (TPSA) is 26.3 Å². The van der Waals surface area contributed by atoms with E-state index in [9.17, 15) is 4.79 Å². The first-order chi connectivity index (χ1) is 5.70. The van der Waals surface area contributed by atoms with Crippen LogP contribution < -0.4 is 0 Å². The highest BCUT2D eigenvalue weighted by Crippen LogP contribution is 2.27. The summed E-state index contributed by atoms with van der Waals surface area (Å²) in [5.41, 5.74) is 0. The predicted octanol–water partition coefficient (Wildman–Crippen LogP) is 2.21. The monoisotopic (exact) mass is 252 g/mol. The van der Waals surface area contributed by atoms with Crippen molar-refractivity contribution in [1.29, 1.82) is 0 Å². The molecular weight excluding hydrogens is 240 g/mol. The first-order valence-electron chi connectivity index (χ1n) is 4.12. The summed E-state index contributed by atoms with van der Waals surface area (Å²) in [5, 5.41) is 0.108. The molecule has 2 nitrogen and oxygen atoms in total. The molecule has 0 amide bonds. The first kappa shape index (κ1) is 10.4. The molecule has 0 aliphatic carbocycles. The van der Waals surface area contributed by atoms with Crippen LogP contribution in [0, 0.1) is 0 Å². The number of rotatable bonds is 3. The van der Waals surface area contributed by atoms with Crippen LogP contribution >= 0.6 is 27.7 Å². The van der Waals surface area contributed by atoms with E-state index >= 15 is 0 Å². The minimum atomic E-state index is -0.0381. The Hall–Kier alpha value is 0.300. The molecule has 0 spiro atoms. The van der Waals surface area contributed by atoms with Gasteiger partial charge in [0.25, 0.3) is 0 Å². The zero-order valence-electron chi connectivity index (χ0n) is 7.09. The fraction of sp³-hybridized carbons (Fsp3) is 0.875. The van der Waals surface area contributed by atoms with E-state index in [1.165, 1.54) is 0 Å². The van der Waals surface area contributed by atoms with Crippen molar-refractivity contribution in [2.75, 3.05) is 12.4 Å². The van der Waals surface area contributed by atoms with Crippen LogP contribution in [0.5, 0.6) is 0 Å². The van der Waals surface area contributed by atoms with Gasteiger partial charge in [0.2, 0.25) is 0 Å². The van der Waals surface area contributed by atoms with Crippen molar-refractivity contribution in [2.45, 2.75) is 29.8 Å². The van der Waals surface area contributed by atoms with Crippen LogP contribution in [0.2, 0.25) is 0 Å². The Bertz CT molecular complexity index is 155. The molecule has 70 valence electrons. The van der Waals surface area contributed by atoms with Gasteiger partial charge in [-0.1, -0.05) is 15.9 Å². The lowest BCUT2D eigenvalue weighted by molar-refractivity contribution is -0.142. The van der Waals surface area contributed by atoms with Crippen LogP contribution in [0.1, 0.15) is 19.8 Å². The van der Waals surface area contributed by atoms with Crippen molar-refractivity contribution in [2.24, 2.45) is 0 Å². The summed E-state index contributed by atoms with van der Waals surface area (Å²) in [6.07, 6.45) is 2.13. The minimum Gasteiger partial charge on any atom is -0.464 e. The quantitative estimate of drug-likeness (QED) is 0.569. The molecule has 0 radical (unpaired) electrons. The Balaban J connectivity index is 2.18. The van der Waals surface area contributed by atoms with Gasteiger partial charge in [-0.05, 0) is 25.5 Å². The van der Waals surface area contributed by atoms with E-state index < -0.39 is 0 Å². The van der Waals surface area contributed by atoms with Gasteiger partial charge in [-0.3, -0.25) is 4.79 Å². The highest BCUT2D eigenvalue weighted by molar-refractivity contribution is 9.09. The molecular formula is C8H13BrO2S. The summed E-state index contributed by atoms with van der Waals surface area (Å²) < 4.78 is 5.08. The van der Waals surface area contributed by atoms with Crippen LogP contribution in [0.25, 0.3) is 0 Å². The summed E-state index contributed by atoms with van der Waals surface area (Å²) in [6, 6.07) is 0. The summed E-state index contributed by atoms with van der Waals surface area (Å²) in [7, 11) is 0. The maximum absolute atomic E-state index is 11.3. The Morgan fingerprint density at radius 3 is 3.08 bits per heavy atom. The van der Waals surface area contributed by atoms with Crippen LogP contribution in [-0.4, -0.2) is 28.4 Å². The van der Waals surface area contributed by atoms with Crippen molar-refractivity contribution >= 4 is 33.7 Å². The lowest BCUT2D eigenvalue weighted by Gasteiger charge is -2.09. The third-order valence-electron chi connectivity index (χ3n) is 1.65. The molecule has 1 saturated heterocycles. The molecule has 1 fully saturated rings. The molecule has 0 aromatic rings. The fourth-order valence-corrected chi connectivity index (χ4v) is 2.34. The van der Waals surface area contributed by atoms with Crippen LogP contribution in [0.15, 0.2) is 0 Å². The molecule has 1 aliphatic rings. The molecule has 0 N–H and O–H groups in total. The molecule has 1 heterocycles. The number of thioether (sulfide) groups is 1. The van der Waals surface area contributed by atoms with Crippen molar-refractivity contribution in [3.63, 3.8) is 0 Å². The number of carbonyl (C=O) groups is 1. The lowest BCUT2D eigenvalue weighted by Crippen LogP contribution is -2.20. The second kappa shape index (κ2) is 5.12. The van der Waals surface area contributed by atoms with E-state index in [-0.39, 0.29) is 16.0 Å². The summed E-state index contributed by atoms with van der Waals surface area (Å²) in [5.74, 6) is 1.06. The largest absolute Gasteiger partial charge is 0.464 e. The smallest absolute Gasteiger partial charge is 0.319 e. The summed E-state index contributed by atoms with van der Waals surface area (Å²) in [6.45, 7) is 2.45. The number of carbonyl (C=O) groups excluding carboxylic acids is 1. The predicted molar refractivity (Wildman–Crippen MR) is 54.8 cm³/mol. The zero-order valence-corrected chi connectivity index (χ0v) is 9.49. The van der Waals surface area contributed by atoms with Gasteiger partial charge in [0, 0.05) is 4.83 Å². The number of hydrogen-bond donors (Lipinski definition) is 0. The Kier molecular flexibility index (Phi) is 4.43. The van der Waals surface area contributed by atoms with E-state index in [1.807, 2.05) is 6.92 Å². The number of esters is 1. The lowest BCUT2D eigenvalue weighted by atomic mass is 10.2. The van der Waals surface area contributed by atoms with Crippen molar-refractivity contribution in [1.82, 2.24) is 0 Å². The third kappa shape index (κ3) is 3.35. The van der Waals surface area contributed by atoms with Crippen molar-refractivity contribution < 1.29 is 9.53 Å². The van der Waals surface area contributed by atoms with Gasteiger partial charge in [0.05, 0.1) is 0 Å². The molecule has 0 saturated carbocycles. The van der Waals surface area contributed by atoms with E-state index in [1.54, 1.807) is 11.8 Å². The second-order valence-corrected chi connectivity index (χ2v) is 5.79. The van der Waals surface area contributed by atoms with Gasteiger partial charge in [0.1, 0.15) is 11.9 Å². The molecule has 2 atom stereocenters. The highest BCUT2D eigenvalue weighted by Gasteiger charge is 2.24. The zero-order chi connectivity index (χ0) is 8.97. The third-order valence-corrected chi connectivity index (χ3v) is 3.27. The average Bonchev–Trinajstić information content (AvgIpc) is 2.51. The number of halogens is 1. The average molecular weight is 253 g/mol. The summed E-state index contributed by atoms with van der Waals surface area (Å²) in [4.78, 5) is 11.5. The Labute approximate surface area is 85.6 Å². The SMILES string of the molecule is CC(Br)COC(=O)C1CCCS1. The maximum Gasteiger partial charge on any atom is 0.319 e. The van der Waals surface area contributed by atoms with E-state index in [2.05, 4.69) is 15.9 Å². The van der Waals surface area contributed by atoms with E-state index in [0.29, 0.717) is 6.61 Å². The molecule has 4 heteroatoms. The fourth-order valence-electron chi connectivity index (χ4n) is 1.05. The van der Waals surface area contributed by atoms with Crippen LogP contribution in [0.3, 0.4) is 0 Å². The molecule has 2 unspecified atom stereocenters. The van der Waals surface area contributed by atoms with Crippen molar-refractivity contribution in [3.8, 4) is 0 Å². The summed E-state index contributed by atoms with van der Waals surface area (Å²) >= 11 is 5.04. The molecule has 1 aliphatic heterocycles. The van der Waals surface area contributed by atoms with Gasteiger partial charge in [-0.2, -0.15) is 0 Å². The number of alkyl halides is 1. The minimum absolute atomic E-state index is 0.0381. The van der Waals surface area contributed by atoms with Gasteiger partial charge < -0.3 is 4.74 Å². The highest BCUT2D eigenvalue weighted by atomic mass is 79.9. The molecule has 12 heavy (non-hydrogen) atoms. The molecule has 0 bridgehead atoms. The van der Waals surface area contributed by atoms with Crippen LogP contribution in [-0.2, 0) is 9.53 Å². The number of ether oxygens (including phenoxy) is 1. The number of hydrogen-bond acceptors (Lipinski definition) is 3. The van der Waals surface area contributed by atoms with E-state index in [4.69, 9.17) is 4.74 Å². The van der Waals surface area contributed by atoms with E-state index in [0.717, 1.165) is 18.6 Å². The van der Waals surface area contributed by atoms with Gasteiger partial charge >= 0.3 is 5.97 Å². The molecule has 0 aromatic carbocycles. The molecule has 1 rings (SSSR count). The van der Waals surface area contributed by atoms with Gasteiger partial charge in [-0.25, -0.2) is 0 Å². The normalized spacial score (nSPS) is 25.3. The second-order valence-electron chi connectivity index (χ2n) is 2.91. The van der Waals surface area contributed by atoms with Crippen molar-refractivity contribution in [3.05, 3.63) is 0 Å². The molecule has 0 aromatic heterocycles.